The van der Waals surface area contributed by atoms with Crippen LogP contribution in [0.3, 0.4) is 0 Å². The molecule has 0 aliphatic carbocycles. The van der Waals surface area contributed by atoms with Gasteiger partial charge >= 0.3 is 0 Å². The smallest absolute Gasteiger partial charge is 0.141 e. The summed E-state index contributed by atoms with van der Waals surface area (Å²) in [5, 5.41) is 3.49. The van der Waals surface area contributed by atoms with E-state index >= 15 is 0 Å². The number of hydrogen-bond acceptors (Lipinski definition) is 3. The summed E-state index contributed by atoms with van der Waals surface area (Å²) in [4.78, 5) is 4.46. The van der Waals surface area contributed by atoms with Crippen LogP contribution in [0.15, 0.2) is 18.3 Å². The molecular formula is C14H24N2O. The van der Waals surface area contributed by atoms with Crippen LogP contribution < -0.4 is 10.1 Å². The molecule has 1 rings (SSSR count). The normalized spacial score (nSPS) is 12.8. The van der Waals surface area contributed by atoms with Crippen molar-refractivity contribution < 1.29 is 4.74 Å². The number of pyridine rings is 1. The fourth-order valence-electron chi connectivity index (χ4n) is 1.92. The van der Waals surface area contributed by atoms with Crippen LogP contribution >= 0.6 is 0 Å². The molecule has 3 nitrogen and oxygen atoms in total. The second kappa shape index (κ2) is 7.28. The molecule has 1 heterocycles. The summed E-state index contributed by atoms with van der Waals surface area (Å²) in [7, 11) is 1.70. The minimum absolute atomic E-state index is 0.290. The third-order valence-electron chi connectivity index (χ3n) is 2.83. The van der Waals surface area contributed by atoms with Gasteiger partial charge in [-0.1, -0.05) is 20.8 Å². The second-order valence-corrected chi connectivity index (χ2v) is 4.67. The van der Waals surface area contributed by atoms with Crippen LogP contribution in [0, 0.1) is 5.92 Å². The van der Waals surface area contributed by atoms with Gasteiger partial charge in [0.05, 0.1) is 18.8 Å². The summed E-state index contributed by atoms with van der Waals surface area (Å²) in [6, 6.07) is 4.18. The Balaban J connectivity index is 2.80. The highest BCUT2D eigenvalue weighted by atomic mass is 16.5. The number of methoxy groups -OCH3 is 1. The molecule has 0 amide bonds. The molecule has 1 aromatic rings. The molecule has 0 fully saturated rings. The maximum atomic E-state index is 5.38. The molecule has 0 bridgehead atoms. The van der Waals surface area contributed by atoms with E-state index in [1.165, 1.54) is 6.42 Å². The SMILES string of the molecule is CCNC(CCC(C)C)c1ncccc1OC. The highest BCUT2D eigenvalue weighted by Crippen LogP contribution is 2.26. The van der Waals surface area contributed by atoms with Crippen molar-refractivity contribution in [3.05, 3.63) is 24.0 Å². The van der Waals surface area contributed by atoms with Crippen LogP contribution in [0.1, 0.15) is 45.3 Å². The van der Waals surface area contributed by atoms with Gasteiger partial charge in [0.25, 0.3) is 0 Å². The Labute approximate surface area is 105 Å². The topological polar surface area (TPSA) is 34.2 Å². The van der Waals surface area contributed by atoms with Crippen molar-refractivity contribution >= 4 is 0 Å². The van der Waals surface area contributed by atoms with Crippen molar-refractivity contribution in [2.24, 2.45) is 5.92 Å². The van der Waals surface area contributed by atoms with E-state index in [0.717, 1.165) is 24.4 Å². The van der Waals surface area contributed by atoms with Gasteiger partial charge in [-0.15, -0.1) is 0 Å². The van der Waals surface area contributed by atoms with Crippen LogP contribution in [0.4, 0.5) is 0 Å². The highest BCUT2D eigenvalue weighted by molar-refractivity contribution is 5.29. The fourth-order valence-corrected chi connectivity index (χ4v) is 1.92. The molecule has 0 saturated carbocycles. The van der Waals surface area contributed by atoms with Gasteiger partial charge in [-0.3, -0.25) is 4.98 Å². The fraction of sp³-hybridized carbons (Fsp3) is 0.643. The predicted octanol–water partition coefficient (Wildman–Crippen LogP) is 3.18. The first-order chi connectivity index (χ1) is 8.19. The lowest BCUT2D eigenvalue weighted by molar-refractivity contribution is 0.382. The summed E-state index contributed by atoms with van der Waals surface area (Å²) in [5.41, 5.74) is 1.03. The lowest BCUT2D eigenvalue weighted by atomic mass is 10.0. The number of aromatic nitrogens is 1. The molecule has 1 unspecified atom stereocenters. The molecule has 0 aliphatic heterocycles. The third kappa shape index (κ3) is 4.35. The number of hydrogen-bond donors (Lipinski definition) is 1. The molecule has 96 valence electrons. The van der Waals surface area contributed by atoms with Crippen LogP contribution in [-0.2, 0) is 0 Å². The molecule has 0 spiro atoms. The largest absolute Gasteiger partial charge is 0.495 e. The Morgan fingerprint density at radius 2 is 2.12 bits per heavy atom. The number of rotatable bonds is 7. The molecule has 0 radical (unpaired) electrons. The Kier molecular flexibility index (Phi) is 5.98. The van der Waals surface area contributed by atoms with E-state index in [1.807, 2.05) is 18.3 Å². The van der Waals surface area contributed by atoms with Crippen LogP contribution in [0.25, 0.3) is 0 Å². The summed E-state index contributed by atoms with van der Waals surface area (Å²) in [6.45, 7) is 7.57. The van der Waals surface area contributed by atoms with Crippen LogP contribution in [0.2, 0.25) is 0 Å². The zero-order chi connectivity index (χ0) is 12.7. The number of nitrogens with zero attached hydrogens (tertiary/aromatic N) is 1. The van der Waals surface area contributed by atoms with Gasteiger partial charge in [-0.25, -0.2) is 0 Å². The lowest BCUT2D eigenvalue weighted by Gasteiger charge is -2.20. The van der Waals surface area contributed by atoms with E-state index in [1.54, 1.807) is 7.11 Å². The number of nitrogens with one attached hydrogen (secondary N) is 1. The van der Waals surface area contributed by atoms with E-state index < -0.39 is 0 Å². The van der Waals surface area contributed by atoms with Gasteiger partial charge in [0.1, 0.15) is 5.75 Å². The average Bonchev–Trinajstić information content (AvgIpc) is 2.34. The van der Waals surface area contributed by atoms with E-state index in [-0.39, 0.29) is 0 Å². The van der Waals surface area contributed by atoms with E-state index in [2.05, 4.69) is 31.1 Å². The summed E-state index contributed by atoms with van der Waals surface area (Å²) in [5.74, 6) is 1.59. The monoisotopic (exact) mass is 236 g/mol. The average molecular weight is 236 g/mol. The molecule has 3 heteroatoms. The van der Waals surface area contributed by atoms with E-state index in [9.17, 15) is 0 Å². The third-order valence-corrected chi connectivity index (χ3v) is 2.83. The molecule has 0 aromatic carbocycles. The van der Waals surface area contributed by atoms with Gasteiger partial charge in [0.2, 0.25) is 0 Å². The minimum Gasteiger partial charge on any atom is -0.495 e. The Hall–Kier alpha value is -1.09. The lowest BCUT2D eigenvalue weighted by Crippen LogP contribution is -2.22. The van der Waals surface area contributed by atoms with Crippen LogP contribution in [0.5, 0.6) is 5.75 Å². The Morgan fingerprint density at radius 1 is 1.35 bits per heavy atom. The quantitative estimate of drug-likeness (QED) is 0.789. The van der Waals surface area contributed by atoms with Crippen molar-refractivity contribution in [3.8, 4) is 5.75 Å². The van der Waals surface area contributed by atoms with Crippen molar-refractivity contribution in [1.82, 2.24) is 10.3 Å². The van der Waals surface area contributed by atoms with Crippen molar-refractivity contribution in [2.75, 3.05) is 13.7 Å². The number of ether oxygens (including phenoxy) is 1. The van der Waals surface area contributed by atoms with Crippen molar-refractivity contribution in [3.63, 3.8) is 0 Å². The highest BCUT2D eigenvalue weighted by Gasteiger charge is 2.16. The van der Waals surface area contributed by atoms with E-state index in [0.29, 0.717) is 12.0 Å². The standard InChI is InChI=1S/C14H24N2O/c1-5-15-12(9-8-11(2)3)14-13(17-4)7-6-10-16-14/h6-7,10-12,15H,5,8-9H2,1-4H3. The first kappa shape index (κ1) is 14.0. The van der Waals surface area contributed by atoms with Gasteiger partial charge in [0, 0.05) is 6.20 Å². The van der Waals surface area contributed by atoms with Gasteiger partial charge in [-0.2, -0.15) is 0 Å². The van der Waals surface area contributed by atoms with Crippen LogP contribution in [-0.4, -0.2) is 18.6 Å². The summed E-state index contributed by atoms with van der Waals surface area (Å²) >= 11 is 0. The molecule has 1 atom stereocenters. The zero-order valence-electron chi connectivity index (χ0n) is 11.4. The van der Waals surface area contributed by atoms with Gasteiger partial charge in [0.15, 0.2) is 0 Å². The molecular weight excluding hydrogens is 212 g/mol. The Morgan fingerprint density at radius 3 is 2.71 bits per heavy atom. The maximum absolute atomic E-state index is 5.38. The summed E-state index contributed by atoms with van der Waals surface area (Å²) < 4.78 is 5.38. The van der Waals surface area contributed by atoms with Gasteiger partial charge in [-0.05, 0) is 37.4 Å². The first-order valence-corrected chi connectivity index (χ1v) is 6.41. The molecule has 0 aliphatic rings. The molecule has 1 aromatic heterocycles. The molecule has 1 N–H and O–H groups in total. The maximum Gasteiger partial charge on any atom is 0.141 e. The first-order valence-electron chi connectivity index (χ1n) is 6.41. The summed E-state index contributed by atoms with van der Waals surface area (Å²) in [6.07, 6.45) is 4.12. The minimum atomic E-state index is 0.290. The zero-order valence-corrected chi connectivity index (χ0v) is 11.4. The molecule has 17 heavy (non-hydrogen) atoms. The Bertz CT molecular complexity index is 326. The second-order valence-electron chi connectivity index (χ2n) is 4.67. The predicted molar refractivity (Wildman–Crippen MR) is 71.3 cm³/mol. The van der Waals surface area contributed by atoms with Gasteiger partial charge < -0.3 is 10.1 Å². The van der Waals surface area contributed by atoms with Crippen molar-refractivity contribution in [2.45, 2.75) is 39.7 Å². The molecule has 0 saturated heterocycles. The van der Waals surface area contributed by atoms with Crippen molar-refractivity contribution in [1.29, 1.82) is 0 Å². The van der Waals surface area contributed by atoms with E-state index in [4.69, 9.17) is 4.74 Å².